The fourth-order valence-electron chi connectivity index (χ4n) is 2.63. The number of ether oxygens (including phenoxy) is 1. The van der Waals surface area contributed by atoms with Gasteiger partial charge in [-0.1, -0.05) is 71.1 Å². The number of rotatable bonds is 16. The lowest BCUT2D eigenvalue weighted by Crippen LogP contribution is -2.34. The molecule has 4 N–H and O–H groups in total. The van der Waals surface area contributed by atoms with E-state index in [2.05, 4.69) is 6.92 Å². The summed E-state index contributed by atoms with van der Waals surface area (Å²) in [4.78, 5) is 23.1. The summed E-state index contributed by atoms with van der Waals surface area (Å²) in [7, 11) is 0. The Morgan fingerprint density at radius 2 is 1.33 bits per heavy atom. The molecule has 0 aliphatic heterocycles. The molecule has 5 heteroatoms. The highest BCUT2D eigenvalue weighted by molar-refractivity contribution is 5.88. The molecule has 0 aliphatic carbocycles. The minimum Gasteiger partial charge on any atom is -0.392 e. The lowest BCUT2D eigenvalue weighted by atomic mass is 10.1. The molecular formula is C19H38N2O3. The Morgan fingerprint density at radius 1 is 0.833 bits per heavy atom. The number of hydrogen-bond acceptors (Lipinski definition) is 5. The molecule has 142 valence electrons. The molecule has 0 aromatic carbocycles. The first-order valence-electron chi connectivity index (χ1n) is 9.82. The first kappa shape index (κ1) is 23.1. The monoisotopic (exact) mass is 342 g/mol. The molecule has 0 rings (SSSR count). The molecule has 0 fully saturated rings. The second-order valence-electron chi connectivity index (χ2n) is 6.62. The van der Waals surface area contributed by atoms with Crippen molar-refractivity contribution >= 4 is 11.9 Å². The van der Waals surface area contributed by atoms with Gasteiger partial charge in [0, 0.05) is 6.42 Å². The maximum absolute atomic E-state index is 11.6. The third-order valence-electron chi connectivity index (χ3n) is 4.22. The summed E-state index contributed by atoms with van der Waals surface area (Å²) in [6, 6.07) is -0.741. The van der Waals surface area contributed by atoms with Crippen LogP contribution < -0.4 is 11.5 Å². The average molecular weight is 343 g/mol. The number of carbonyl (C=O) groups is 2. The van der Waals surface area contributed by atoms with Gasteiger partial charge >= 0.3 is 11.9 Å². The van der Waals surface area contributed by atoms with Crippen LogP contribution in [0.5, 0.6) is 0 Å². The standard InChI is InChI=1S/C19H38N2O3/c1-2-3-4-5-6-7-8-9-10-11-12-15-18(22)24-19(23)17(21)14-13-16-20/h17H,2-16,20-21H2,1H3/t17-/m1/s1. The van der Waals surface area contributed by atoms with Crippen molar-refractivity contribution in [3.8, 4) is 0 Å². The highest BCUT2D eigenvalue weighted by Crippen LogP contribution is 2.12. The summed E-state index contributed by atoms with van der Waals surface area (Å²) in [5.41, 5.74) is 11.0. The van der Waals surface area contributed by atoms with Crippen LogP contribution >= 0.6 is 0 Å². The van der Waals surface area contributed by atoms with Crippen LogP contribution in [-0.4, -0.2) is 24.5 Å². The molecule has 0 spiro atoms. The second-order valence-corrected chi connectivity index (χ2v) is 6.62. The zero-order valence-corrected chi connectivity index (χ0v) is 15.6. The van der Waals surface area contributed by atoms with E-state index in [-0.39, 0.29) is 0 Å². The molecular weight excluding hydrogens is 304 g/mol. The molecule has 0 heterocycles. The molecule has 0 aromatic rings. The summed E-state index contributed by atoms with van der Waals surface area (Å²) in [6.07, 6.45) is 14.9. The second kappa shape index (κ2) is 16.9. The van der Waals surface area contributed by atoms with Crippen LogP contribution in [0.3, 0.4) is 0 Å². The lowest BCUT2D eigenvalue weighted by Gasteiger charge is -2.09. The SMILES string of the molecule is CCCCCCCCCCCCCC(=O)OC(=O)[C@H](N)CCCN. The number of unbranched alkanes of at least 4 members (excludes halogenated alkanes) is 10. The molecule has 0 saturated heterocycles. The fraction of sp³-hybridized carbons (Fsp3) is 0.895. The van der Waals surface area contributed by atoms with Gasteiger partial charge in [0.05, 0.1) is 0 Å². The maximum atomic E-state index is 11.6. The van der Waals surface area contributed by atoms with Crippen molar-refractivity contribution in [3.05, 3.63) is 0 Å². The van der Waals surface area contributed by atoms with Crippen LogP contribution in [0.4, 0.5) is 0 Å². The predicted molar refractivity (Wildman–Crippen MR) is 98.4 cm³/mol. The van der Waals surface area contributed by atoms with Crippen LogP contribution in [0.2, 0.25) is 0 Å². The highest BCUT2D eigenvalue weighted by atomic mass is 16.6. The van der Waals surface area contributed by atoms with Crippen LogP contribution in [0, 0.1) is 0 Å². The largest absolute Gasteiger partial charge is 0.392 e. The van der Waals surface area contributed by atoms with E-state index in [0.29, 0.717) is 25.8 Å². The van der Waals surface area contributed by atoms with Crippen molar-refractivity contribution in [2.75, 3.05) is 6.54 Å². The van der Waals surface area contributed by atoms with Crippen molar-refractivity contribution in [2.24, 2.45) is 11.5 Å². The van der Waals surface area contributed by atoms with E-state index in [1.807, 2.05) is 0 Å². The van der Waals surface area contributed by atoms with Crippen molar-refractivity contribution in [3.63, 3.8) is 0 Å². The van der Waals surface area contributed by atoms with Crippen molar-refractivity contribution < 1.29 is 14.3 Å². The Bertz CT molecular complexity index is 322. The summed E-state index contributed by atoms with van der Waals surface area (Å²) in [5.74, 6) is -1.09. The number of carbonyl (C=O) groups excluding carboxylic acids is 2. The third kappa shape index (κ3) is 14.6. The lowest BCUT2D eigenvalue weighted by molar-refractivity contribution is -0.160. The van der Waals surface area contributed by atoms with Crippen molar-refractivity contribution in [2.45, 2.75) is 103 Å². The van der Waals surface area contributed by atoms with E-state index in [1.54, 1.807) is 0 Å². The fourth-order valence-corrected chi connectivity index (χ4v) is 2.63. The van der Waals surface area contributed by atoms with Gasteiger partial charge in [0.15, 0.2) is 0 Å². The zero-order valence-electron chi connectivity index (χ0n) is 15.6. The van der Waals surface area contributed by atoms with Gasteiger partial charge < -0.3 is 16.2 Å². The van der Waals surface area contributed by atoms with Gasteiger partial charge in [-0.05, 0) is 25.8 Å². The van der Waals surface area contributed by atoms with E-state index in [1.165, 1.54) is 51.4 Å². The van der Waals surface area contributed by atoms with Gasteiger partial charge in [-0.25, -0.2) is 4.79 Å². The molecule has 0 aliphatic rings. The van der Waals surface area contributed by atoms with Crippen LogP contribution in [0.15, 0.2) is 0 Å². The van der Waals surface area contributed by atoms with Crippen LogP contribution in [-0.2, 0) is 14.3 Å². The molecule has 0 saturated carbocycles. The third-order valence-corrected chi connectivity index (χ3v) is 4.22. The average Bonchev–Trinajstić information content (AvgIpc) is 2.57. The topological polar surface area (TPSA) is 95.4 Å². The first-order valence-corrected chi connectivity index (χ1v) is 9.82. The number of nitrogens with two attached hydrogens (primary N) is 2. The normalized spacial score (nSPS) is 12.1. The molecule has 0 aromatic heterocycles. The van der Waals surface area contributed by atoms with Gasteiger partial charge in [0.2, 0.25) is 0 Å². The van der Waals surface area contributed by atoms with E-state index in [4.69, 9.17) is 16.2 Å². The van der Waals surface area contributed by atoms with Crippen LogP contribution in [0.25, 0.3) is 0 Å². The molecule has 0 unspecified atom stereocenters. The van der Waals surface area contributed by atoms with E-state index in [9.17, 15) is 9.59 Å². The molecule has 5 nitrogen and oxygen atoms in total. The smallest absolute Gasteiger partial charge is 0.330 e. The van der Waals surface area contributed by atoms with Crippen molar-refractivity contribution in [1.82, 2.24) is 0 Å². The van der Waals surface area contributed by atoms with E-state index < -0.39 is 18.0 Å². The maximum Gasteiger partial charge on any atom is 0.330 e. The minimum absolute atomic E-state index is 0.298. The quantitative estimate of drug-likeness (QED) is 0.252. The van der Waals surface area contributed by atoms with Gasteiger partial charge in [-0.15, -0.1) is 0 Å². The Balaban J connectivity index is 3.41. The Hall–Kier alpha value is -0.940. The Morgan fingerprint density at radius 3 is 1.83 bits per heavy atom. The predicted octanol–water partition coefficient (Wildman–Crippen LogP) is 3.82. The molecule has 0 amide bonds. The summed E-state index contributed by atoms with van der Waals surface area (Å²) in [6.45, 7) is 2.72. The van der Waals surface area contributed by atoms with Crippen LogP contribution in [0.1, 0.15) is 96.8 Å². The summed E-state index contributed by atoms with van der Waals surface area (Å²) < 4.78 is 4.76. The van der Waals surface area contributed by atoms with Gasteiger partial charge in [0.25, 0.3) is 0 Å². The minimum atomic E-state index is -0.741. The summed E-state index contributed by atoms with van der Waals surface area (Å²) in [5, 5.41) is 0. The Kier molecular flexibility index (Phi) is 16.2. The van der Waals surface area contributed by atoms with Crippen molar-refractivity contribution in [1.29, 1.82) is 0 Å². The van der Waals surface area contributed by atoms with E-state index >= 15 is 0 Å². The van der Waals surface area contributed by atoms with E-state index in [0.717, 1.165) is 19.3 Å². The summed E-state index contributed by atoms with van der Waals surface area (Å²) >= 11 is 0. The first-order chi connectivity index (χ1) is 11.6. The van der Waals surface area contributed by atoms with Gasteiger partial charge in [-0.3, -0.25) is 4.79 Å². The number of hydrogen-bond donors (Lipinski definition) is 2. The van der Waals surface area contributed by atoms with Gasteiger partial charge in [0.1, 0.15) is 6.04 Å². The Labute approximate surface area is 147 Å². The number of esters is 2. The zero-order chi connectivity index (χ0) is 18.0. The molecule has 0 radical (unpaired) electrons. The van der Waals surface area contributed by atoms with Gasteiger partial charge in [-0.2, -0.15) is 0 Å². The highest BCUT2D eigenvalue weighted by Gasteiger charge is 2.17. The molecule has 24 heavy (non-hydrogen) atoms. The molecule has 1 atom stereocenters. The molecule has 0 bridgehead atoms.